The second-order valence-corrected chi connectivity index (χ2v) is 2.84. The van der Waals surface area contributed by atoms with Gasteiger partial charge < -0.3 is 5.11 Å². The van der Waals surface area contributed by atoms with Crippen molar-refractivity contribution in [3.8, 4) is 0 Å². The predicted octanol–water partition coefficient (Wildman–Crippen LogP) is 2.98. The zero-order valence-electron chi connectivity index (χ0n) is 7.10. The van der Waals surface area contributed by atoms with Crippen LogP contribution in [0.5, 0.6) is 0 Å². The van der Waals surface area contributed by atoms with E-state index >= 15 is 0 Å². The molecule has 0 atom stereocenters. The third kappa shape index (κ3) is 7.96. The Balaban J connectivity index is 0. The van der Waals surface area contributed by atoms with Crippen molar-refractivity contribution in [3.63, 3.8) is 0 Å². The molecule has 0 saturated heterocycles. The molecule has 0 aliphatic heterocycles. The Kier molecular flexibility index (Phi) is 8.92. The lowest BCUT2D eigenvalue weighted by molar-refractivity contribution is 0.282. The average Bonchev–Trinajstić information content (AvgIpc) is 1.97. The van der Waals surface area contributed by atoms with Gasteiger partial charge in [0.05, 0.1) is 0 Å². The summed E-state index contributed by atoms with van der Waals surface area (Å²) in [5.41, 5.74) is 0. The normalized spacial score (nSPS) is 10.2. The Morgan fingerprint density at radius 1 is 0.900 bits per heavy atom. The zero-order chi connectivity index (χ0) is 7.66. The monoisotopic (exact) mass is 147 g/mol. The maximum Gasteiger partial charge on any atom is 0.0431 e. The summed E-state index contributed by atoms with van der Waals surface area (Å²) in [6, 6.07) is 0. The molecule has 0 fully saturated rings. The molecular formula is C9H22O. The van der Waals surface area contributed by atoms with Crippen molar-refractivity contribution in [2.24, 2.45) is 0 Å². The van der Waals surface area contributed by atoms with Crippen molar-refractivity contribution in [2.45, 2.75) is 51.9 Å². The highest BCUT2D eigenvalue weighted by atomic mass is 16.2. The van der Waals surface area contributed by atoms with Gasteiger partial charge in [-0.25, -0.2) is 0 Å². The van der Waals surface area contributed by atoms with E-state index in [2.05, 4.69) is 6.92 Å². The lowest BCUT2D eigenvalue weighted by Crippen LogP contribution is -1.83. The number of hydrogen-bond donors (Lipinski definition) is 1. The van der Waals surface area contributed by atoms with Crippen molar-refractivity contribution in [3.05, 3.63) is 0 Å². The zero-order valence-corrected chi connectivity index (χ0v) is 7.10. The molecule has 0 saturated carbocycles. The van der Waals surface area contributed by atoms with Crippen molar-refractivity contribution in [1.29, 1.82) is 0 Å². The Labute approximate surface area is 65.9 Å². The van der Waals surface area contributed by atoms with Gasteiger partial charge in [0.15, 0.2) is 0 Å². The van der Waals surface area contributed by atoms with Crippen molar-refractivity contribution in [2.75, 3.05) is 6.61 Å². The fourth-order valence-electron chi connectivity index (χ4n) is 1.07. The largest absolute Gasteiger partial charge is 0.396 e. The molecule has 64 valence electrons. The first-order chi connectivity index (χ1) is 4.91. The molecule has 0 aliphatic carbocycles. The molecule has 1 N–H and O–H groups in total. The van der Waals surface area contributed by atoms with E-state index in [1.807, 2.05) is 0 Å². The van der Waals surface area contributed by atoms with Crippen LogP contribution >= 0.6 is 0 Å². The smallest absolute Gasteiger partial charge is 0.0431 e. The SMILES string of the molecule is CCCCCCCCCO.[2HH]. The Morgan fingerprint density at radius 3 is 1.90 bits per heavy atom. The summed E-state index contributed by atoms with van der Waals surface area (Å²) in [6.45, 7) is 2.60. The topological polar surface area (TPSA) is 20.2 Å². The van der Waals surface area contributed by atoms with Crippen LogP contribution in [0.15, 0.2) is 0 Å². The van der Waals surface area contributed by atoms with E-state index in [1.165, 1.54) is 38.5 Å². The van der Waals surface area contributed by atoms with Gasteiger partial charge in [-0.3, -0.25) is 0 Å². The minimum Gasteiger partial charge on any atom is -0.396 e. The van der Waals surface area contributed by atoms with Crippen LogP contribution in [0.2, 0.25) is 0 Å². The first-order valence-corrected chi connectivity index (χ1v) is 4.52. The summed E-state index contributed by atoms with van der Waals surface area (Å²) in [5.74, 6) is 0. The molecule has 10 heavy (non-hydrogen) atoms. The third-order valence-electron chi connectivity index (χ3n) is 1.76. The summed E-state index contributed by atoms with van der Waals surface area (Å²) in [6.07, 6.45) is 8.93. The highest BCUT2D eigenvalue weighted by Crippen LogP contribution is 2.05. The van der Waals surface area contributed by atoms with Crippen LogP contribution in [-0.4, -0.2) is 11.7 Å². The first-order valence-electron chi connectivity index (χ1n) is 4.52. The maximum absolute atomic E-state index is 8.47. The molecule has 0 aromatic carbocycles. The Hall–Kier alpha value is -0.0400. The molecule has 0 rings (SSSR count). The van der Waals surface area contributed by atoms with Crippen molar-refractivity contribution < 1.29 is 6.53 Å². The lowest BCUT2D eigenvalue weighted by Gasteiger charge is -1.97. The standard InChI is InChI=1S/C9H20O.H2/c1-2-3-4-5-6-7-8-9-10;/h10H,2-9H2,1H3;1H/i;1+1. The Morgan fingerprint density at radius 2 is 1.40 bits per heavy atom. The van der Waals surface area contributed by atoms with E-state index in [0.29, 0.717) is 6.61 Å². The summed E-state index contributed by atoms with van der Waals surface area (Å²) < 4.78 is 0. The van der Waals surface area contributed by atoms with Crippen LogP contribution in [0.1, 0.15) is 53.3 Å². The van der Waals surface area contributed by atoms with Gasteiger partial charge in [-0.1, -0.05) is 45.4 Å². The number of rotatable bonds is 7. The van der Waals surface area contributed by atoms with Crippen LogP contribution in [0, 0.1) is 0 Å². The van der Waals surface area contributed by atoms with E-state index in [1.54, 1.807) is 0 Å². The van der Waals surface area contributed by atoms with Crippen LogP contribution in [0.25, 0.3) is 0 Å². The minimum atomic E-state index is 0. The second kappa shape index (κ2) is 8.96. The van der Waals surface area contributed by atoms with Crippen molar-refractivity contribution in [1.82, 2.24) is 0 Å². The molecule has 1 heteroatoms. The van der Waals surface area contributed by atoms with Crippen LogP contribution in [0.3, 0.4) is 0 Å². The molecular weight excluding hydrogens is 124 g/mol. The third-order valence-corrected chi connectivity index (χ3v) is 1.76. The molecule has 0 bridgehead atoms. The van der Waals surface area contributed by atoms with Gasteiger partial charge >= 0.3 is 0 Å². The molecule has 0 aromatic heterocycles. The second-order valence-electron chi connectivity index (χ2n) is 2.84. The van der Waals surface area contributed by atoms with Crippen LogP contribution in [-0.2, 0) is 0 Å². The molecule has 0 aromatic rings. The van der Waals surface area contributed by atoms with Gasteiger partial charge in [-0.15, -0.1) is 0 Å². The lowest BCUT2D eigenvalue weighted by atomic mass is 10.1. The highest BCUT2D eigenvalue weighted by molar-refractivity contribution is 4.43. The number of unbranched alkanes of at least 4 members (excludes halogenated alkanes) is 6. The van der Waals surface area contributed by atoms with Gasteiger partial charge in [0.2, 0.25) is 0 Å². The van der Waals surface area contributed by atoms with E-state index < -0.39 is 0 Å². The van der Waals surface area contributed by atoms with Gasteiger partial charge in [0, 0.05) is 8.03 Å². The fraction of sp³-hybridized carbons (Fsp3) is 1.00. The van der Waals surface area contributed by atoms with Gasteiger partial charge in [-0.05, 0) is 6.42 Å². The highest BCUT2D eigenvalue weighted by Gasteiger charge is 1.88. The number of aliphatic hydroxyl groups excluding tert-OH is 1. The number of aliphatic hydroxyl groups is 1. The summed E-state index contributed by atoms with van der Waals surface area (Å²) in [7, 11) is 0. The van der Waals surface area contributed by atoms with Crippen molar-refractivity contribution >= 4 is 0 Å². The van der Waals surface area contributed by atoms with E-state index in [-0.39, 0.29) is 1.43 Å². The van der Waals surface area contributed by atoms with Crippen LogP contribution < -0.4 is 0 Å². The Bertz CT molecular complexity index is 49.5. The average molecular weight is 147 g/mol. The molecule has 0 spiro atoms. The summed E-state index contributed by atoms with van der Waals surface area (Å²) in [5, 5.41) is 8.47. The van der Waals surface area contributed by atoms with Gasteiger partial charge in [0.25, 0.3) is 0 Å². The maximum atomic E-state index is 8.47. The quantitative estimate of drug-likeness (QED) is 0.549. The number of hydrogen-bond acceptors (Lipinski definition) is 1. The molecule has 0 unspecified atom stereocenters. The fourth-order valence-corrected chi connectivity index (χ4v) is 1.07. The molecule has 1 nitrogen and oxygen atoms in total. The molecule has 0 amide bonds. The summed E-state index contributed by atoms with van der Waals surface area (Å²) in [4.78, 5) is 0. The molecule has 0 heterocycles. The van der Waals surface area contributed by atoms with E-state index in [0.717, 1.165) is 6.42 Å². The minimum absolute atomic E-state index is 0. The predicted molar refractivity (Wildman–Crippen MR) is 47.2 cm³/mol. The van der Waals surface area contributed by atoms with E-state index in [4.69, 9.17) is 5.11 Å². The van der Waals surface area contributed by atoms with E-state index in [9.17, 15) is 0 Å². The molecule has 0 aliphatic rings. The van der Waals surface area contributed by atoms with Crippen LogP contribution in [0.4, 0.5) is 0 Å². The van der Waals surface area contributed by atoms with Gasteiger partial charge in [-0.2, -0.15) is 0 Å². The molecule has 0 radical (unpaired) electrons. The summed E-state index contributed by atoms with van der Waals surface area (Å²) >= 11 is 0. The van der Waals surface area contributed by atoms with Gasteiger partial charge in [0.1, 0.15) is 0 Å². The first kappa shape index (κ1) is 9.96.